The van der Waals surface area contributed by atoms with Crippen molar-refractivity contribution in [1.82, 2.24) is 0 Å². The van der Waals surface area contributed by atoms with Crippen LogP contribution in [0.4, 0.5) is 0 Å². The van der Waals surface area contributed by atoms with Crippen LogP contribution in [0.15, 0.2) is 71.3 Å². The maximum absolute atomic E-state index is 12.4. The minimum atomic E-state index is 0.0961. The number of Topliss-reactive ketones (excluding diaryl/α,β-unsaturated/α-hetero) is 1. The second-order valence-electron chi connectivity index (χ2n) is 4.60. The van der Waals surface area contributed by atoms with Gasteiger partial charge >= 0.3 is 0 Å². The smallest absolute Gasteiger partial charge is 0.228 e. The number of aromatic nitrogens is 1. The van der Waals surface area contributed by atoms with Gasteiger partial charge in [-0.25, -0.2) is 0 Å². The van der Waals surface area contributed by atoms with E-state index in [0.29, 0.717) is 12.1 Å². The van der Waals surface area contributed by atoms with E-state index in [1.165, 1.54) is 0 Å². The first-order valence-corrected chi connectivity index (χ1v) is 7.20. The average molecular weight is 327 g/mol. The Morgan fingerprint density at radius 2 is 1.65 bits per heavy atom. The van der Waals surface area contributed by atoms with Crippen LogP contribution in [0, 0.1) is 0 Å². The van der Waals surface area contributed by atoms with Crippen molar-refractivity contribution in [2.75, 3.05) is 0 Å². The molecule has 0 spiro atoms. The van der Waals surface area contributed by atoms with E-state index in [9.17, 15) is 4.79 Å². The third-order valence-corrected chi connectivity index (χ3v) is 3.97. The topological polar surface area (TPSA) is 20.9 Å². The number of pyridine rings is 1. The lowest BCUT2D eigenvalue weighted by Gasteiger charge is -2.03. The van der Waals surface area contributed by atoms with Crippen molar-refractivity contribution >= 4 is 32.6 Å². The van der Waals surface area contributed by atoms with Gasteiger partial charge in [0.05, 0.1) is 0 Å². The fourth-order valence-corrected chi connectivity index (χ4v) is 2.79. The Bertz CT molecular complexity index is 777. The lowest BCUT2D eigenvalue weighted by Crippen LogP contribution is -2.38. The molecule has 0 fully saturated rings. The number of carbonyl (C=O) groups is 1. The van der Waals surface area contributed by atoms with Gasteiger partial charge in [0.15, 0.2) is 6.20 Å². The van der Waals surface area contributed by atoms with Gasteiger partial charge in [0.25, 0.3) is 0 Å². The van der Waals surface area contributed by atoms with Gasteiger partial charge in [-0.2, -0.15) is 4.57 Å². The minimum Gasteiger partial charge on any atom is -0.287 e. The van der Waals surface area contributed by atoms with Crippen molar-refractivity contribution < 1.29 is 9.36 Å². The van der Waals surface area contributed by atoms with Crippen molar-refractivity contribution in [3.8, 4) is 0 Å². The average Bonchev–Trinajstić information content (AvgIpc) is 2.48. The van der Waals surface area contributed by atoms with Gasteiger partial charge in [0.2, 0.25) is 17.8 Å². The predicted octanol–water partition coefficient (Wildman–Crippen LogP) is 3.77. The van der Waals surface area contributed by atoms with E-state index in [1.54, 1.807) is 0 Å². The minimum absolute atomic E-state index is 0.0961. The molecule has 0 saturated carbocycles. The summed E-state index contributed by atoms with van der Waals surface area (Å²) >= 11 is 3.43. The molecule has 0 unspecified atom stereocenters. The summed E-state index contributed by atoms with van der Waals surface area (Å²) in [5.41, 5.74) is 1.78. The van der Waals surface area contributed by atoms with Crippen LogP contribution < -0.4 is 4.57 Å². The zero-order valence-electron chi connectivity index (χ0n) is 10.8. The van der Waals surface area contributed by atoms with Gasteiger partial charge in [-0.1, -0.05) is 46.3 Å². The molecule has 0 atom stereocenters. The highest BCUT2D eigenvalue weighted by Crippen LogP contribution is 2.16. The predicted molar refractivity (Wildman–Crippen MR) is 82.6 cm³/mol. The Labute approximate surface area is 125 Å². The Morgan fingerprint density at radius 3 is 2.50 bits per heavy atom. The summed E-state index contributed by atoms with van der Waals surface area (Å²) in [5.74, 6) is 0.0961. The number of rotatable bonds is 3. The Kier molecular flexibility index (Phi) is 3.61. The fourth-order valence-electron chi connectivity index (χ4n) is 2.29. The van der Waals surface area contributed by atoms with E-state index in [-0.39, 0.29) is 5.78 Å². The van der Waals surface area contributed by atoms with Gasteiger partial charge in [-0.05, 0) is 18.2 Å². The molecule has 2 nitrogen and oxygen atoms in total. The molecule has 3 rings (SSSR count). The normalized spacial score (nSPS) is 10.7. The number of halogens is 1. The van der Waals surface area contributed by atoms with Crippen LogP contribution in [0.2, 0.25) is 0 Å². The zero-order chi connectivity index (χ0) is 13.9. The summed E-state index contributed by atoms with van der Waals surface area (Å²) in [6.07, 6.45) is 1.94. The Balaban J connectivity index is 1.98. The second kappa shape index (κ2) is 5.55. The van der Waals surface area contributed by atoms with Crippen molar-refractivity contribution in [3.63, 3.8) is 0 Å². The number of hydrogen-bond acceptors (Lipinski definition) is 1. The number of carbonyl (C=O) groups excluding carboxylic acids is 1. The highest BCUT2D eigenvalue weighted by Gasteiger charge is 2.16. The van der Waals surface area contributed by atoms with Crippen LogP contribution in [0.5, 0.6) is 0 Å². The summed E-state index contributed by atoms with van der Waals surface area (Å²) < 4.78 is 2.82. The van der Waals surface area contributed by atoms with E-state index in [2.05, 4.69) is 28.1 Å². The van der Waals surface area contributed by atoms with Crippen LogP contribution in [-0.4, -0.2) is 5.78 Å². The van der Waals surface area contributed by atoms with Crippen molar-refractivity contribution in [3.05, 3.63) is 76.9 Å². The van der Waals surface area contributed by atoms with Gasteiger partial charge < -0.3 is 0 Å². The van der Waals surface area contributed by atoms with Crippen LogP contribution in [0.1, 0.15) is 10.4 Å². The maximum Gasteiger partial charge on any atom is 0.228 e. The van der Waals surface area contributed by atoms with Crippen LogP contribution in [0.3, 0.4) is 0 Å². The lowest BCUT2D eigenvalue weighted by atomic mass is 10.1. The summed E-state index contributed by atoms with van der Waals surface area (Å²) in [7, 11) is 0. The van der Waals surface area contributed by atoms with Crippen LogP contribution >= 0.6 is 15.9 Å². The molecule has 98 valence electrons. The molecule has 2 aromatic carbocycles. The van der Waals surface area contributed by atoms with Gasteiger partial charge in [0, 0.05) is 27.6 Å². The van der Waals surface area contributed by atoms with Crippen LogP contribution in [0.25, 0.3) is 10.9 Å². The summed E-state index contributed by atoms with van der Waals surface area (Å²) in [5, 5.41) is 1.13. The van der Waals surface area contributed by atoms with E-state index in [0.717, 1.165) is 15.4 Å². The van der Waals surface area contributed by atoms with Crippen molar-refractivity contribution in [1.29, 1.82) is 0 Å². The largest absolute Gasteiger partial charge is 0.287 e. The Hall–Kier alpha value is -2.00. The third-order valence-electron chi connectivity index (χ3n) is 3.28. The van der Waals surface area contributed by atoms with E-state index < -0.39 is 0 Å². The Morgan fingerprint density at radius 1 is 0.950 bits per heavy atom. The monoisotopic (exact) mass is 326 g/mol. The number of hydrogen-bond donors (Lipinski definition) is 0. The highest BCUT2D eigenvalue weighted by molar-refractivity contribution is 9.10. The zero-order valence-corrected chi connectivity index (χ0v) is 12.4. The number of ketones is 1. The molecule has 0 aliphatic heterocycles. The molecule has 1 aromatic heterocycles. The number of fused-ring (bicyclic) bond motifs is 1. The van der Waals surface area contributed by atoms with Crippen molar-refractivity contribution in [2.45, 2.75) is 6.54 Å². The van der Waals surface area contributed by atoms with E-state index in [4.69, 9.17) is 0 Å². The molecular weight excluding hydrogens is 314 g/mol. The first kappa shape index (κ1) is 13.0. The fraction of sp³-hybridized carbons (Fsp3) is 0.0588. The summed E-state index contributed by atoms with van der Waals surface area (Å²) in [6, 6.07) is 19.6. The van der Waals surface area contributed by atoms with E-state index >= 15 is 0 Å². The number of para-hydroxylation sites is 1. The molecule has 0 aliphatic carbocycles. The molecule has 3 heteroatoms. The third kappa shape index (κ3) is 2.49. The van der Waals surface area contributed by atoms with Crippen molar-refractivity contribution in [2.24, 2.45) is 0 Å². The number of nitrogens with zero attached hydrogens (tertiary/aromatic N) is 1. The first-order valence-electron chi connectivity index (χ1n) is 6.40. The molecule has 0 saturated heterocycles. The van der Waals surface area contributed by atoms with Crippen LogP contribution in [-0.2, 0) is 6.54 Å². The highest BCUT2D eigenvalue weighted by atomic mass is 79.9. The molecule has 0 aliphatic rings. The molecule has 0 amide bonds. The molecule has 0 N–H and O–H groups in total. The van der Waals surface area contributed by atoms with E-state index in [1.807, 2.05) is 59.3 Å². The SMILES string of the molecule is O=C(C[n+]1cccc2ccccc21)c1ccccc1Br. The maximum atomic E-state index is 12.4. The van der Waals surface area contributed by atoms with Gasteiger partial charge in [-0.15, -0.1) is 0 Å². The summed E-state index contributed by atoms with van der Waals surface area (Å²) in [4.78, 5) is 12.4. The second-order valence-corrected chi connectivity index (χ2v) is 5.45. The molecular formula is C17H13BrNO+. The summed E-state index contributed by atoms with van der Waals surface area (Å²) in [6.45, 7) is 0.337. The lowest BCUT2D eigenvalue weighted by molar-refractivity contribution is -0.657. The molecule has 0 radical (unpaired) electrons. The van der Waals surface area contributed by atoms with Gasteiger partial charge in [-0.3, -0.25) is 4.79 Å². The standard InChI is InChI=1S/C17H13BrNO/c18-15-9-3-2-8-14(15)17(20)12-19-11-5-7-13-6-1-4-10-16(13)19/h1-11H,12H2/q+1. The quantitative estimate of drug-likeness (QED) is 0.530. The first-order chi connectivity index (χ1) is 9.75. The molecule has 3 aromatic rings. The number of benzene rings is 2. The molecule has 20 heavy (non-hydrogen) atoms. The molecule has 1 heterocycles. The molecule has 0 bridgehead atoms. The van der Waals surface area contributed by atoms with Gasteiger partial charge in [0.1, 0.15) is 0 Å².